The second kappa shape index (κ2) is 10.0. The highest BCUT2D eigenvalue weighted by atomic mass is 16.5. The lowest BCUT2D eigenvalue weighted by Crippen LogP contribution is -2.03. The maximum atomic E-state index is 6.03. The zero-order valence-electron chi connectivity index (χ0n) is 15.3. The number of rotatable bonds is 7. The van der Waals surface area contributed by atoms with E-state index in [-0.39, 0.29) is 0 Å². The molecular weight excluding hydrogens is 296 g/mol. The molecule has 0 bridgehead atoms. The van der Waals surface area contributed by atoms with Gasteiger partial charge in [-0.05, 0) is 61.3 Å². The Bertz CT molecular complexity index is 592. The first kappa shape index (κ1) is 18.4. The number of benzene rings is 1. The summed E-state index contributed by atoms with van der Waals surface area (Å²) in [7, 11) is 1.71. The van der Waals surface area contributed by atoms with Gasteiger partial charge in [0.05, 0.1) is 7.11 Å². The van der Waals surface area contributed by atoms with Gasteiger partial charge in [-0.3, -0.25) is 0 Å². The highest BCUT2D eigenvalue weighted by Crippen LogP contribution is 2.33. The van der Waals surface area contributed by atoms with Crippen LogP contribution in [-0.2, 0) is 0 Å². The Kier molecular flexibility index (Phi) is 7.67. The first-order valence-corrected chi connectivity index (χ1v) is 9.11. The van der Waals surface area contributed by atoms with Crippen molar-refractivity contribution in [3.63, 3.8) is 0 Å². The summed E-state index contributed by atoms with van der Waals surface area (Å²) in [6.45, 7) is 5.02. The van der Waals surface area contributed by atoms with Gasteiger partial charge in [-0.15, -0.1) is 0 Å². The molecule has 0 amide bonds. The van der Waals surface area contributed by atoms with E-state index >= 15 is 0 Å². The van der Waals surface area contributed by atoms with Crippen LogP contribution in [0, 0.1) is 0 Å². The Morgan fingerprint density at radius 3 is 2.58 bits per heavy atom. The van der Waals surface area contributed by atoms with Crippen molar-refractivity contribution in [2.45, 2.75) is 51.9 Å². The van der Waals surface area contributed by atoms with Gasteiger partial charge in [0.1, 0.15) is 6.61 Å². The lowest BCUT2D eigenvalue weighted by Gasteiger charge is -2.16. The standard InChI is InChI=1S/C22H30O2/c1-4-19(5-2)20-14-15-21(22(16-20)23-3)24-17-18-12-10-8-6-7-9-11-13-18/h8,10-16,19H,4-7,9,17H2,1-3H3/b10-8+,13-11-,18-12+. The summed E-state index contributed by atoms with van der Waals surface area (Å²) in [6, 6.07) is 6.34. The molecule has 0 aromatic heterocycles. The Hall–Kier alpha value is -1.96. The van der Waals surface area contributed by atoms with Crippen LogP contribution in [0.1, 0.15) is 57.4 Å². The Balaban J connectivity index is 2.10. The fourth-order valence-electron chi connectivity index (χ4n) is 3.01. The average Bonchev–Trinajstić information content (AvgIpc) is 2.75. The minimum atomic E-state index is 0.557. The van der Waals surface area contributed by atoms with Crippen LogP contribution in [0.4, 0.5) is 0 Å². The van der Waals surface area contributed by atoms with Crippen molar-refractivity contribution in [1.82, 2.24) is 0 Å². The van der Waals surface area contributed by atoms with Crippen LogP contribution in [0.2, 0.25) is 0 Å². The maximum Gasteiger partial charge on any atom is 0.161 e. The third kappa shape index (κ3) is 5.30. The molecule has 0 saturated heterocycles. The van der Waals surface area contributed by atoms with Crippen molar-refractivity contribution in [1.29, 1.82) is 0 Å². The van der Waals surface area contributed by atoms with E-state index in [1.54, 1.807) is 7.11 Å². The molecule has 0 radical (unpaired) electrons. The molecule has 2 heteroatoms. The van der Waals surface area contributed by atoms with Gasteiger partial charge in [-0.1, -0.05) is 50.3 Å². The zero-order chi connectivity index (χ0) is 17.2. The van der Waals surface area contributed by atoms with Crippen LogP contribution in [0.5, 0.6) is 11.5 Å². The molecule has 1 aliphatic carbocycles. The maximum absolute atomic E-state index is 6.03. The first-order valence-electron chi connectivity index (χ1n) is 9.11. The van der Waals surface area contributed by atoms with Crippen LogP contribution in [0.15, 0.2) is 54.2 Å². The molecule has 130 valence electrons. The summed E-state index contributed by atoms with van der Waals surface area (Å²) < 4.78 is 11.6. The number of hydrogen-bond acceptors (Lipinski definition) is 2. The largest absolute Gasteiger partial charge is 0.493 e. The summed E-state index contributed by atoms with van der Waals surface area (Å²) >= 11 is 0. The molecule has 0 unspecified atom stereocenters. The highest BCUT2D eigenvalue weighted by molar-refractivity contribution is 5.44. The van der Waals surface area contributed by atoms with E-state index < -0.39 is 0 Å². The average molecular weight is 326 g/mol. The number of allylic oxidation sites excluding steroid dienone is 4. The normalized spacial score (nSPS) is 19.6. The highest BCUT2D eigenvalue weighted by Gasteiger charge is 2.12. The smallest absolute Gasteiger partial charge is 0.161 e. The van der Waals surface area contributed by atoms with Gasteiger partial charge in [-0.25, -0.2) is 0 Å². The molecule has 0 spiro atoms. The van der Waals surface area contributed by atoms with E-state index in [9.17, 15) is 0 Å². The summed E-state index contributed by atoms with van der Waals surface area (Å²) in [4.78, 5) is 0. The number of hydrogen-bond donors (Lipinski definition) is 0. The topological polar surface area (TPSA) is 18.5 Å². The monoisotopic (exact) mass is 326 g/mol. The van der Waals surface area contributed by atoms with Crippen LogP contribution in [0.25, 0.3) is 0 Å². The summed E-state index contributed by atoms with van der Waals surface area (Å²) in [5, 5.41) is 0. The molecule has 2 rings (SSSR count). The fraction of sp³-hybridized carbons (Fsp3) is 0.455. The van der Waals surface area contributed by atoms with Gasteiger partial charge < -0.3 is 9.47 Å². The second-order valence-corrected chi connectivity index (χ2v) is 6.22. The van der Waals surface area contributed by atoms with Crippen LogP contribution in [0.3, 0.4) is 0 Å². The fourth-order valence-corrected chi connectivity index (χ4v) is 3.01. The third-order valence-electron chi connectivity index (χ3n) is 4.56. The quantitative estimate of drug-likeness (QED) is 0.594. The van der Waals surface area contributed by atoms with Gasteiger partial charge in [0.25, 0.3) is 0 Å². The Labute approximate surface area is 146 Å². The summed E-state index contributed by atoms with van der Waals surface area (Å²) in [6.07, 6.45) is 16.6. The molecule has 0 aliphatic heterocycles. The Morgan fingerprint density at radius 2 is 1.83 bits per heavy atom. The SMILES string of the molecule is CCC(CC)c1ccc(OCC2=C/C=C/CCC/C=C\2)c(OC)c1. The van der Waals surface area contributed by atoms with E-state index in [1.165, 1.54) is 17.6 Å². The van der Waals surface area contributed by atoms with Gasteiger partial charge in [0.2, 0.25) is 0 Å². The van der Waals surface area contributed by atoms with Crippen molar-refractivity contribution < 1.29 is 9.47 Å². The van der Waals surface area contributed by atoms with Crippen molar-refractivity contribution in [2.24, 2.45) is 0 Å². The molecule has 0 heterocycles. The van der Waals surface area contributed by atoms with Crippen molar-refractivity contribution in [2.75, 3.05) is 13.7 Å². The molecule has 0 N–H and O–H groups in total. The van der Waals surface area contributed by atoms with Gasteiger partial charge in [-0.2, -0.15) is 0 Å². The molecular formula is C22H30O2. The third-order valence-corrected chi connectivity index (χ3v) is 4.56. The van der Waals surface area contributed by atoms with Crippen molar-refractivity contribution >= 4 is 0 Å². The predicted molar refractivity (Wildman–Crippen MR) is 102 cm³/mol. The Morgan fingerprint density at radius 1 is 1.04 bits per heavy atom. The molecule has 0 saturated carbocycles. The van der Waals surface area contributed by atoms with E-state index in [2.05, 4.69) is 56.4 Å². The summed E-state index contributed by atoms with van der Waals surface area (Å²) in [5.74, 6) is 2.21. The molecule has 24 heavy (non-hydrogen) atoms. The molecule has 0 fully saturated rings. The lowest BCUT2D eigenvalue weighted by atomic mass is 9.94. The first-order chi connectivity index (χ1) is 11.8. The molecule has 0 atom stereocenters. The molecule has 1 aromatic carbocycles. The van der Waals surface area contributed by atoms with E-state index in [4.69, 9.17) is 9.47 Å². The van der Waals surface area contributed by atoms with Crippen molar-refractivity contribution in [3.8, 4) is 11.5 Å². The van der Waals surface area contributed by atoms with E-state index in [0.29, 0.717) is 12.5 Å². The van der Waals surface area contributed by atoms with E-state index in [0.717, 1.165) is 37.2 Å². The zero-order valence-corrected chi connectivity index (χ0v) is 15.3. The minimum absolute atomic E-state index is 0.557. The molecule has 2 nitrogen and oxygen atoms in total. The van der Waals surface area contributed by atoms with E-state index in [1.807, 2.05) is 6.07 Å². The second-order valence-electron chi connectivity index (χ2n) is 6.22. The predicted octanol–water partition coefficient (Wildman–Crippen LogP) is 6.20. The number of ether oxygens (including phenoxy) is 2. The minimum Gasteiger partial charge on any atom is -0.493 e. The summed E-state index contributed by atoms with van der Waals surface area (Å²) in [5.41, 5.74) is 2.51. The van der Waals surface area contributed by atoms with Gasteiger partial charge >= 0.3 is 0 Å². The van der Waals surface area contributed by atoms with Gasteiger partial charge in [0.15, 0.2) is 11.5 Å². The number of methoxy groups -OCH3 is 1. The van der Waals surface area contributed by atoms with Crippen LogP contribution < -0.4 is 9.47 Å². The van der Waals surface area contributed by atoms with Crippen molar-refractivity contribution in [3.05, 3.63) is 59.7 Å². The van der Waals surface area contributed by atoms with Gasteiger partial charge in [0, 0.05) is 0 Å². The molecule has 1 aromatic rings. The van der Waals surface area contributed by atoms with Crippen LogP contribution in [-0.4, -0.2) is 13.7 Å². The van der Waals surface area contributed by atoms with Crippen LogP contribution >= 0.6 is 0 Å². The molecule has 1 aliphatic rings. The lowest BCUT2D eigenvalue weighted by molar-refractivity contribution is 0.321.